The van der Waals surface area contributed by atoms with E-state index in [1.165, 1.54) is 7.11 Å². The van der Waals surface area contributed by atoms with Crippen LogP contribution in [0.15, 0.2) is 88.1 Å². The maximum atomic E-state index is 13.6. The number of carbonyl (C=O) groups is 1. The van der Waals surface area contributed by atoms with Gasteiger partial charge in [0.25, 0.3) is 5.91 Å². The molecule has 0 bridgehead atoms. The lowest BCUT2D eigenvalue weighted by Gasteiger charge is -2.20. The van der Waals surface area contributed by atoms with Gasteiger partial charge in [0.1, 0.15) is 23.7 Å². The Hall–Kier alpha value is -4.72. The van der Waals surface area contributed by atoms with Crippen LogP contribution in [0.25, 0.3) is 11.0 Å². The smallest absolute Gasteiger partial charge is 0.344 e. The molecule has 8 heteroatoms. The van der Waals surface area contributed by atoms with Crippen molar-refractivity contribution in [2.45, 2.75) is 18.9 Å². The number of hydrogen-bond acceptors (Lipinski definition) is 7. The number of benzene rings is 3. The summed E-state index contributed by atoms with van der Waals surface area (Å²) in [6.07, 6.45) is -1.05. The number of hydrogen-bond donors (Lipinski definition) is 1. The number of anilines is 1. The Morgan fingerprint density at radius 3 is 2.47 bits per heavy atom. The third-order valence-electron chi connectivity index (χ3n) is 6.29. The van der Waals surface area contributed by atoms with Gasteiger partial charge in [-0.15, -0.1) is 0 Å². The van der Waals surface area contributed by atoms with E-state index >= 15 is 0 Å². The molecule has 1 N–H and O–H groups in total. The maximum absolute atomic E-state index is 13.6. The van der Waals surface area contributed by atoms with Crippen molar-refractivity contribution in [3.8, 4) is 23.0 Å². The number of para-hydroxylation sites is 1. The Kier molecular flexibility index (Phi) is 6.79. The molecule has 0 aliphatic carbocycles. The second-order valence-electron chi connectivity index (χ2n) is 9.02. The quantitative estimate of drug-likeness (QED) is 0.252. The third kappa shape index (κ3) is 4.68. The first-order valence-electron chi connectivity index (χ1n) is 12.0. The second kappa shape index (κ2) is 10.3. The van der Waals surface area contributed by atoms with Gasteiger partial charge >= 0.3 is 5.63 Å². The molecule has 3 aromatic carbocycles. The van der Waals surface area contributed by atoms with Gasteiger partial charge < -0.3 is 28.7 Å². The summed E-state index contributed by atoms with van der Waals surface area (Å²) < 4.78 is 28.4. The Labute approximate surface area is 219 Å². The molecule has 194 valence electrons. The highest BCUT2D eigenvalue weighted by Crippen LogP contribution is 2.46. The first-order valence-corrected chi connectivity index (χ1v) is 12.0. The fourth-order valence-electron chi connectivity index (χ4n) is 4.51. The van der Waals surface area contributed by atoms with Gasteiger partial charge in [-0.3, -0.25) is 4.79 Å². The summed E-state index contributed by atoms with van der Waals surface area (Å²) in [4.78, 5) is 26.8. The molecular weight excluding hydrogens is 486 g/mol. The Morgan fingerprint density at radius 2 is 1.76 bits per heavy atom. The molecule has 0 radical (unpaired) electrons. The van der Waals surface area contributed by atoms with E-state index in [0.29, 0.717) is 51.8 Å². The van der Waals surface area contributed by atoms with E-state index in [4.69, 9.17) is 23.4 Å². The van der Waals surface area contributed by atoms with Gasteiger partial charge in [-0.25, -0.2) is 4.79 Å². The SMILES string of the molecule is C=C(C)COc1ccc(C2c3c(c4ccccc4oc3=O)OC2C(=O)Nc2ccc(OC)cc2)cc1OC. The molecule has 0 saturated heterocycles. The first kappa shape index (κ1) is 25.0. The molecule has 2 unspecified atom stereocenters. The molecular formula is C30H27NO7. The van der Waals surface area contributed by atoms with Crippen LogP contribution >= 0.6 is 0 Å². The zero-order valence-corrected chi connectivity index (χ0v) is 21.3. The van der Waals surface area contributed by atoms with Crippen LogP contribution in [0.4, 0.5) is 5.69 Å². The van der Waals surface area contributed by atoms with Crippen LogP contribution in [0.1, 0.15) is 24.0 Å². The summed E-state index contributed by atoms with van der Waals surface area (Å²) in [5.41, 5.74) is 2.15. The number of nitrogens with one attached hydrogen (secondary N) is 1. The van der Waals surface area contributed by atoms with Crippen molar-refractivity contribution < 1.29 is 28.2 Å². The summed E-state index contributed by atoms with van der Waals surface area (Å²) in [5, 5.41) is 3.50. The molecule has 1 aliphatic heterocycles. The summed E-state index contributed by atoms with van der Waals surface area (Å²) in [6, 6.07) is 19.3. The summed E-state index contributed by atoms with van der Waals surface area (Å²) >= 11 is 0. The highest BCUT2D eigenvalue weighted by atomic mass is 16.5. The van der Waals surface area contributed by atoms with Gasteiger partial charge in [-0.1, -0.05) is 24.8 Å². The van der Waals surface area contributed by atoms with Crippen molar-refractivity contribution in [3.63, 3.8) is 0 Å². The highest BCUT2D eigenvalue weighted by Gasteiger charge is 2.44. The van der Waals surface area contributed by atoms with Crippen molar-refractivity contribution in [1.29, 1.82) is 0 Å². The average molecular weight is 514 g/mol. The summed E-state index contributed by atoms with van der Waals surface area (Å²) in [7, 11) is 3.10. The number of rotatable bonds is 8. The molecule has 5 rings (SSSR count). The normalized spacial score (nSPS) is 15.9. The van der Waals surface area contributed by atoms with E-state index in [1.807, 2.05) is 13.0 Å². The largest absolute Gasteiger partial charge is 0.497 e. The van der Waals surface area contributed by atoms with Gasteiger partial charge in [-0.05, 0) is 66.6 Å². The van der Waals surface area contributed by atoms with E-state index in [2.05, 4.69) is 11.9 Å². The fourth-order valence-corrected chi connectivity index (χ4v) is 4.51. The van der Waals surface area contributed by atoms with Crippen LogP contribution in [0, 0.1) is 0 Å². The number of carbonyl (C=O) groups excluding carboxylic acids is 1. The van der Waals surface area contributed by atoms with Crippen LogP contribution in [0.3, 0.4) is 0 Å². The topological polar surface area (TPSA) is 96.2 Å². The van der Waals surface area contributed by atoms with Crippen LogP contribution in [0.2, 0.25) is 0 Å². The van der Waals surface area contributed by atoms with Gasteiger partial charge in [0.2, 0.25) is 0 Å². The van der Waals surface area contributed by atoms with E-state index in [1.54, 1.807) is 67.8 Å². The predicted octanol–water partition coefficient (Wildman–Crippen LogP) is 5.30. The van der Waals surface area contributed by atoms with Gasteiger partial charge in [0, 0.05) is 5.69 Å². The number of ether oxygens (including phenoxy) is 4. The third-order valence-corrected chi connectivity index (χ3v) is 6.29. The molecule has 1 amide bonds. The first-order chi connectivity index (χ1) is 18.4. The zero-order valence-electron chi connectivity index (χ0n) is 21.3. The average Bonchev–Trinajstić information content (AvgIpc) is 3.34. The van der Waals surface area contributed by atoms with Crippen LogP contribution in [0.5, 0.6) is 23.0 Å². The zero-order chi connectivity index (χ0) is 26.8. The molecule has 4 aromatic rings. The molecule has 1 aromatic heterocycles. The predicted molar refractivity (Wildman–Crippen MR) is 144 cm³/mol. The number of amides is 1. The van der Waals surface area contributed by atoms with E-state index in [9.17, 15) is 9.59 Å². The van der Waals surface area contributed by atoms with Crippen LogP contribution < -0.4 is 29.9 Å². The molecule has 1 aliphatic rings. The van der Waals surface area contributed by atoms with Gasteiger partial charge in [0.15, 0.2) is 17.6 Å². The van der Waals surface area contributed by atoms with E-state index in [-0.39, 0.29) is 5.56 Å². The van der Waals surface area contributed by atoms with E-state index in [0.717, 1.165) is 5.57 Å². The summed E-state index contributed by atoms with van der Waals surface area (Å²) in [5.74, 6) is 0.795. The standard InChI is InChI=1S/C30H27NO7/c1-17(2)16-36-23-14-9-18(15-24(23)35-4)25-26-27(21-7-5-6-8-22(21)37-30(26)33)38-28(25)29(32)31-19-10-12-20(34-3)13-11-19/h5-15,25,28H,1,16H2,2-4H3,(H,31,32). The Morgan fingerprint density at radius 1 is 1.00 bits per heavy atom. The minimum atomic E-state index is -1.05. The monoisotopic (exact) mass is 513 g/mol. The molecule has 0 spiro atoms. The van der Waals surface area contributed by atoms with Crippen LogP contribution in [-0.4, -0.2) is 32.8 Å². The molecule has 0 fully saturated rings. The molecule has 8 nitrogen and oxygen atoms in total. The molecule has 2 atom stereocenters. The lowest BCUT2D eigenvalue weighted by Crippen LogP contribution is -2.35. The second-order valence-corrected chi connectivity index (χ2v) is 9.02. The number of fused-ring (bicyclic) bond motifs is 3. The minimum Gasteiger partial charge on any atom is -0.497 e. The molecule has 0 saturated carbocycles. The molecule has 2 heterocycles. The van der Waals surface area contributed by atoms with Crippen LogP contribution in [-0.2, 0) is 4.79 Å². The van der Waals surface area contributed by atoms with Gasteiger partial charge in [0.05, 0.1) is 31.1 Å². The van der Waals surface area contributed by atoms with Crippen molar-refractivity contribution in [2.24, 2.45) is 0 Å². The van der Waals surface area contributed by atoms with Crippen molar-refractivity contribution >= 4 is 22.6 Å². The van der Waals surface area contributed by atoms with Gasteiger partial charge in [-0.2, -0.15) is 0 Å². The lowest BCUT2D eigenvalue weighted by molar-refractivity contribution is -0.122. The summed E-state index contributed by atoms with van der Waals surface area (Å²) in [6.45, 7) is 6.05. The lowest BCUT2D eigenvalue weighted by atomic mass is 9.88. The Bertz CT molecular complexity index is 1570. The maximum Gasteiger partial charge on any atom is 0.344 e. The fraction of sp³-hybridized carbons (Fsp3) is 0.200. The van der Waals surface area contributed by atoms with Crippen molar-refractivity contribution in [1.82, 2.24) is 0 Å². The molecule has 38 heavy (non-hydrogen) atoms. The van der Waals surface area contributed by atoms with Crippen molar-refractivity contribution in [3.05, 3.63) is 100 Å². The van der Waals surface area contributed by atoms with E-state index < -0.39 is 23.6 Å². The Balaban J connectivity index is 1.59. The highest BCUT2D eigenvalue weighted by molar-refractivity contribution is 5.97. The van der Waals surface area contributed by atoms with Crippen molar-refractivity contribution in [2.75, 3.05) is 26.1 Å². The number of methoxy groups -OCH3 is 2. The minimum absolute atomic E-state index is 0.274.